The highest BCUT2D eigenvalue weighted by atomic mass is 35.5. The molecular formula is C20H20ClN3O2S. The number of nitrogens with one attached hydrogen (secondary N) is 1. The fourth-order valence-electron chi connectivity index (χ4n) is 3.01. The van der Waals surface area contributed by atoms with Crippen molar-refractivity contribution in [1.82, 2.24) is 4.98 Å². The van der Waals surface area contributed by atoms with Gasteiger partial charge in [0.15, 0.2) is 0 Å². The predicted molar refractivity (Wildman–Crippen MR) is 108 cm³/mol. The van der Waals surface area contributed by atoms with E-state index in [2.05, 4.69) is 16.4 Å². The third kappa shape index (κ3) is 4.20. The molecule has 1 amide bonds. The van der Waals surface area contributed by atoms with E-state index in [4.69, 9.17) is 16.3 Å². The quantitative estimate of drug-likeness (QED) is 0.745. The second kappa shape index (κ2) is 8.20. The number of hydrogen-bond donors (Lipinski definition) is 1. The number of anilines is 1. The van der Waals surface area contributed by atoms with Gasteiger partial charge in [0.05, 0.1) is 23.6 Å². The molecule has 1 heterocycles. The van der Waals surface area contributed by atoms with E-state index in [1.165, 1.54) is 18.9 Å². The van der Waals surface area contributed by atoms with Crippen LogP contribution in [0, 0.1) is 18.3 Å². The van der Waals surface area contributed by atoms with E-state index in [-0.39, 0.29) is 5.91 Å². The summed E-state index contributed by atoms with van der Waals surface area (Å²) in [5.41, 5.74) is 4.13. The van der Waals surface area contributed by atoms with Gasteiger partial charge < -0.3 is 10.1 Å². The number of carbonyl (C=O) groups excluding carboxylic acids is 1. The lowest BCUT2D eigenvalue weighted by Gasteiger charge is -2.16. The Labute approximate surface area is 168 Å². The van der Waals surface area contributed by atoms with Crippen molar-refractivity contribution in [3.05, 3.63) is 45.6 Å². The highest BCUT2D eigenvalue weighted by Gasteiger charge is 2.22. The van der Waals surface area contributed by atoms with Gasteiger partial charge in [-0.3, -0.25) is 4.79 Å². The van der Waals surface area contributed by atoms with Gasteiger partial charge in [0.1, 0.15) is 16.8 Å². The van der Waals surface area contributed by atoms with Crippen LogP contribution in [-0.4, -0.2) is 23.3 Å². The molecule has 3 rings (SSSR count). The Balaban J connectivity index is 1.78. The van der Waals surface area contributed by atoms with E-state index >= 15 is 0 Å². The summed E-state index contributed by atoms with van der Waals surface area (Å²) >= 11 is 7.41. The normalized spacial score (nSPS) is 13.6. The molecule has 0 radical (unpaired) electrons. The fraction of sp³-hybridized carbons (Fsp3) is 0.350. The summed E-state index contributed by atoms with van der Waals surface area (Å²) in [4.78, 5) is 17.3. The van der Waals surface area contributed by atoms with Gasteiger partial charge in [0, 0.05) is 16.8 Å². The highest BCUT2D eigenvalue weighted by Crippen LogP contribution is 2.33. The number of aryl methyl sites for hydroxylation is 3. The number of nitrogens with zero attached hydrogens (tertiary/aromatic N) is 2. The molecule has 0 aliphatic heterocycles. The molecule has 1 aromatic heterocycles. The largest absolute Gasteiger partial charge is 0.495 e. The Morgan fingerprint density at radius 1 is 1.41 bits per heavy atom. The first-order chi connectivity index (χ1) is 12.9. The zero-order chi connectivity index (χ0) is 19.6. The molecule has 1 aliphatic carbocycles. The monoisotopic (exact) mass is 401 g/mol. The smallest absolute Gasteiger partial charge is 0.237 e. The number of benzene rings is 1. The van der Waals surface area contributed by atoms with Crippen molar-refractivity contribution in [1.29, 1.82) is 5.26 Å². The summed E-state index contributed by atoms with van der Waals surface area (Å²) < 4.78 is 5.31. The lowest BCUT2D eigenvalue weighted by atomic mass is 10.2. The minimum absolute atomic E-state index is 0.189. The fourth-order valence-corrected chi connectivity index (χ4v) is 4.06. The number of methoxy groups -OCH3 is 1. The second-order valence-electron chi connectivity index (χ2n) is 6.46. The average Bonchev–Trinajstić information content (AvgIpc) is 3.10. The van der Waals surface area contributed by atoms with Crippen LogP contribution in [0.3, 0.4) is 0 Å². The van der Waals surface area contributed by atoms with Gasteiger partial charge >= 0.3 is 0 Å². The number of amides is 1. The van der Waals surface area contributed by atoms with Crippen LogP contribution in [0.1, 0.15) is 35.7 Å². The number of fused-ring (bicyclic) bond motifs is 1. The standard InChI is InChI=1S/C20H20ClN3O2S/c1-11-7-17(18(26-3)9-15(11)21)23-19(25)12(2)27-20-14(10-22)8-13-5-4-6-16(13)24-20/h7-9,12H,4-6H2,1-3H3,(H,23,25). The van der Waals surface area contributed by atoms with Crippen molar-refractivity contribution in [2.75, 3.05) is 12.4 Å². The third-order valence-corrected chi connectivity index (χ3v) is 6.04. The SMILES string of the molecule is COc1cc(Cl)c(C)cc1NC(=O)C(C)Sc1nc2c(cc1C#N)CCC2. The Kier molecular flexibility index (Phi) is 5.93. The van der Waals surface area contributed by atoms with Crippen molar-refractivity contribution < 1.29 is 9.53 Å². The van der Waals surface area contributed by atoms with Crippen LogP contribution in [0.5, 0.6) is 5.75 Å². The van der Waals surface area contributed by atoms with Crippen molar-refractivity contribution in [3.8, 4) is 11.8 Å². The maximum atomic E-state index is 12.7. The zero-order valence-corrected chi connectivity index (χ0v) is 17.0. The van der Waals surface area contributed by atoms with Gasteiger partial charge in [-0.15, -0.1) is 0 Å². The van der Waals surface area contributed by atoms with E-state index in [1.807, 2.05) is 13.0 Å². The van der Waals surface area contributed by atoms with Crippen molar-refractivity contribution in [2.45, 2.75) is 43.4 Å². The molecule has 1 N–H and O–H groups in total. The molecule has 0 saturated carbocycles. The van der Waals surface area contributed by atoms with Crippen molar-refractivity contribution in [3.63, 3.8) is 0 Å². The molecule has 5 nitrogen and oxygen atoms in total. The number of thioether (sulfide) groups is 1. The first-order valence-corrected chi connectivity index (χ1v) is 9.93. The molecule has 0 saturated heterocycles. The number of hydrogen-bond acceptors (Lipinski definition) is 5. The molecule has 0 bridgehead atoms. The number of nitriles is 1. The molecule has 7 heteroatoms. The maximum Gasteiger partial charge on any atom is 0.237 e. The van der Waals surface area contributed by atoms with Crippen LogP contribution in [-0.2, 0) is 17.6 Å². The number of ether oxygens (including phenoxy) is 1. The van der Waals surface area contributed by atoms with Crippen LogP contribution in [0.25, 0.3) is 0 Å². The number of carbonyl (C=O) groups is 1. The highest BCUT2D eigenvalue weighted by molar-refractivity contribution is 8.00. The molecule has 2 aromatic rings. The van der Waals surface area contributed by atoms with E-state index in [9.17, 15) is 10.1 Å². The summed E-state index contributed by atoms with van der Waals surface area (Å²) in [5.74, 6) is 0.315. The summed E-state index contributed by atoms with van der Waals surface area (Å²) in [7, 11) is 1.53. The molecule has 140 valence electrons. The molecule has 27 heavy (non-hydrogen) atoms. The van der Waals surface area contributed by atoms with Gasteiger partial charge in [-0.2, -0.15) is 5.26 Å². The second-order valence-corrected chi connectivity index (χ2v) is 8.20. The summed E-state index contributed by atoms with van der Waals surface area (Å²) in [6.45, 7) is 3.66. The summed E-state index contributed by atoms with van der Waals surface area (Å²) in [5, 5.41) is 13.1. The Bertz CT molecular complexity index is 940. The van der Waals surface area contributed by atoms with Crippen LogP contribution in [0.15, 0.2) is 23.2 Å². The predicted octanol–water partition coefficient (Wildman–Crippen LogP) is 4.53. The third-order valence-electron chi connectivity index (χ3n) is 4.53. The van der Waals surface area contributed by atoms with Gasteiger partial charge in [-0.1, -0.05) is 23.4 Å². The molecule has 0 spiro atoms. The van der Waals surface area contributed by atoms with Crippen LogP contribution < -0.4 is 10.1 Å². The van der Waals surface area contributed by atoms with Gasteiger partial charge in [-0.25, -0.2) is 4.98 Å². The van der Waals surface area contributed by atoms with E-state index in [0.717, 1.165) is 36.1 Å². The number of halogens is 1. The average molecular weight is 402 g/mol. The van der Waals surface area contributed by atoms with E-state index in [1.54, 1.807) is 19.1 Å². The van der Waals surface area contributed by atoms with Crippen molar-refractivity contribution in [2.24, 2.45) is 0 Å². The molecule has 1 aliphatic rings. The van der Waals surface area contributed by atoms with Crippen LogP contribution >= 0.6 is 23.4 Å². The molecule has 1 aromatic carbocycles. The van der Waals surface area contributed by atoms with Crippen molar-refractivity contribution >= 4 is 35.0 Å². The summed E-state index contributed by atoms with van der Waals surface area (Å²) in [6, 6.07) is 7.58. The first kappa shape index (κ1) is 19.5. The number of aromatic nitrogens is 1. The number of rotatable bonds is 5. The van der Waals surface area contributed by atoms with E-state index in [0.29, 0.717) is 27.0 Å². The minimum atomic E-state index is -0.426. The van der Waals surface area contributed by atoms with Gasteiger partial charge in [-0.05, 0) is 56.4 Å². The maximum absolute atomic E-state index is 12.7. The zero-order valence-electron chi connectivity index (χ0n) is 15.4. The number of pyridine rings is 1. The molecule has 1 atom stereocenters. The lowest BCUT2D eigenvalue weighted by Crippen LogP contribution is -2.23. The van der Waals surface area contributed by atoms with Crippen LogP contribution in [0.4, 0.5) is 5.69 Å². The van der Waals surface area contributed by atoms with Crippen LogP contribution in [0.2, 0.25) is 5.02 Å². The van der Waals surface area contributed by atoms with Gasteiger partial charge in [0.25, 0.3) is 0 Å². The van der Waals surface area contributed by atoms with E-state index < -0.39 is 5.25 Å². The summed E-state index contributed by atoms with van der Waals surface area (Å²) in [6.07, 6.45) is 2.96. The molecule has 1 unspecified atom stereocenters. The molecular weight excluding hydrogens is 382 g/mol. The van der Waals surface area contributed by atoms with Gasteiger partial charge in [0.2, 0.25) is 5.91 Å². The Morgan fingerprint density at radius 2 is 2.19 bits per heavy atom. The Morgan fingerprint density at radius 3 is 2.89 bits per heavy atom. The lowest BCUT2D eigenvalue weighted by molar-refractivity contribution is -0.115. The first-order valence-electron chi connectivity index (χ1n) is 8.67. The topological polar surface area (TPSA) is 75.0 Å². The minimum Gasteiger partial charge on any atom is -0.495 e. The Hall–Kier alpha value is -2.23. The molecule has 0 fully saturated rings.